The van der Waals surface area contributed by atoms with Crippen LogP contribution in [-0.4, -0.2) is 39.5 Å². The van der Waals surface area contributed by atoms with Crippen molar-refractivity contribution in [3.63, 3.8) is 0 Å². The van der Waals surface area contributed by atoms with Gasteiger partial charge in [-0.2, -0.15) is 5.10 Å². The molecule has 3 rings (SSSR count). The Morgan fingerprint density at radius 2 is 2.17 bits per heavy atom. The molecule has 0 bridgehead atoms. The molecule has 0 aliphatic heterocycles. The molecule has 2 heterocycles. The SMILES string of the molecule is COC[C@H](C)Nc1ncnc2c1cnn2-c1ccc(C)c(Cl)c1. The van der Waals surface area contributed by atoms with Gasteiger partial charge in [-0.1, -0.05) is 17.7 Å². The molecular weight excluding hydrogens is 314 g/mol. The van der Waals surface area contributed by atoms with Gasteiger partial charge in [-0.25, -0.2) is 14.6 Å². The van der Waals surface area contributed by atoms with Gasteiger partial charge in [0.2, 0.25) is 0 Å². The highest BCUT2D eigenvalue weighted by atomic mass is 35.5. The zero-order chi connectivity index (χ0) is 16.4. The molecule has 7 heteroatoms. The number of aryl methyl sites for hydroxylation is 1. The van der Waals surface area contributed by atoms with Crippen LogP contribution in [0.3, 0.4) is 0 Å². The summed E-state index contributed by atoms with van der Waals surface area (Å²) in [6.45, 7) is 4.59. The molecule has 1 atom stereocenters. The molecule has 0 aliphatic rings. The first-order chi connectivity index (χ1) is 11.1. The summed E-state index contributed by atoms with van der Waals surface area (Å²) in [6.07, 6.45) is 3.28. The van der Waals surface area contributed by atoms with Crippen LogP contribution in [0.4, 0.5) is 5.82 Å². The van der Waals surface area contributed by atoms with Crippen LogP contribution in [0.15, 0.2) is 30.7 Å². The van der Waals surface area contributed by atoms with Gasteiger partial charge in [0.1, 0.15) is 12.1 Å². The van der Waals surface area contributed by atoms with Crippen LogP contribution in [0.25, 0.3) is 16.7 Å². The van der Waals surface area contributed by atoms with Crippen LogP contribution >= 0.6 is 11.6 Å². The van der Waals surface area contributed by atoms with Crippen molar-refractivity contribution >= 4 is 28.5 Å². The maximum absolute atomic E-state index is 6.22. The van der Waals surface area contributed by atoms with Crippen molar-refractivity contribution in [1.29, 1.82) is 0 Å². The molecule has 0 spiro atoms. The first-order valence-corrected chi connectivity index (χ1v) is 7.68. The zero-order valence-electron chi connectivity index (χ0n) is 13.2. The molecule has 2 aromatic heterocycles. The number of nitrogens with one attached hydrogen (secondary N) is 1. The predicted octanol–water partition coefficient (Wildman–Crippen LogP) is 3.22. The molecule has 0 aliphatic carbocycles. The number of halogens is 1. The Balaban J connectivity index is 2.02. The highest BCUT2D eigenvalue weighted by molar-refractivity contribution is 6.31. The fourth-order valence-corrected chi connectivity index (χ4v) is 2.56. The van der Waals surface area contributed by atoms with Gasteiger partial charge in [0, 0.05) is 18.2 Å². The maximum atomic E-state index is 6.22. The Kier molecular flexibility index (Phi) is 4.45. The number of rotatable bonds is 5. The van der Waals surface area contributed by atoms with Crippen molar-refractivity contribution in [3.05, 3.63) is 41.3 Å². The topological polar surface area (TPSA) is 64.9 Å². The normalized spacial score (nSPS) is 12.5. The van der Waals surface area contributed by atoms with Gasteiger partial charge >= 0.3 is 0 Å². The fourth-order valence-electron chi connectivity index (χ4n) is 2.39. The van der Waals surface area contributed by atoms with Crippen LogP contribution in [0.1, 0.15) is 12.5 Å². The van der Waals surface area contributed by atoms with E-state index in [1.807, 2.05) is 32.0 Å². The second-order valence-corrected chi connectivity index (χ2v) is 5.86. The van der Waals surface area contributed by atoms with Crippen LogP contribution in [-0.2, 0) is 4.74 Å². The highest BCUT2D eigenvalue weighted by Gasteiger charge is 2.13. The Labute approximate surface area is 139 Å². The van der Waals surface area contributed by atoms with Crippen LogP contribution in [0.5, 0.6) is 0 Å². The van der Waals surface area contributed by atoms with Crippen molar-refractivity contribution in [2.24, 2.45) is 0 Å². The molecule has 23 heavy (non-hydrogen) atoms. The average molecular weight is 332 g/mol. The molecule has 0 unspecified atom stereocenters. The van der Waals surface area contributed by atoms with E-state index in [-0.39, 0.29) is 6.04 Å². The van der Waals surface area contributed by atoms with Crippen molar-refractivity contribution in [1.82, 2.24) is 19.7 Å². The first-order valence-electron chi connectivity index (χ1n) is 7.31. The van der Waals surface area contributed by atoms with E-state index in [1.54, 1.807) is 18.0 Å². The zero-order valence-corrected chi connectivity index (χ0v) is 14.0. The number of methoxy groups -OCH3 is 1. The third-order valence-electron chi connectivity index (χ3n) is 3.57. The molecule has 0 amide bonds. The van der Waals surface area contributed by atoms with Gasteiger partial charge in [0.15, 0.2) is 5.65 Å². The lowest BCUT2D eigenvalue weighted by Crippen LogP contribution is -2.21. The van der Waals surface area contributed by atoms with E-state index in [2.05, 4.69) is 20.4 Å². The Morgan fingerprint density at radius 3 is 2.91 bits per heavy atom. The van der Waals surface area contributed by atoms with E-state index in [9.17, 15) is 0 Å². The number of hydrogen-bond donors (Lipinski definition) is 1. The summed E-state index contributed by atoms with van der Waals surface area (Å²) in [5.74, 6) is 0.740. The lowest BCUT2D eigenvalue weighted by Gasteiger charge is -2.13. The molecule has 1 aromatic carbocycles. The van der Waals surface area contributed by atoms with E-state index >= 15 is 0 Å². The Morgan fingerprint density at radius 1 is 1.35 bits per heavy atom. The summed E-state index contributed by atoms with van der Waals surface area (Å²) >= 11 is 6.22. The number of anilines is 1. The van der Waals surface area contributed by atoms with Crippen LogP contribution in [0, 0.1) is 6.92 Å². The van der Waals surface area contributed by atoms with Gasteiger partial charge < -0.3 is 10.1 Å². The van der Waals surface area contributed by atoms with Crippen LogP contribution in [0.2, 0.25) is 5.02 Å². The molecule has 3 aromatic rings. The van der Waals surface area contributed by atoms with E-state index in [0.717, 1.165) is 28.1 Å². The minimum atomic E-state index is 0.135. The van der Waals surface area contributed by atoms with Gasteiger partial charge in [0.05, 0.1) is 23.9 Å². The number of hydrogen-bond acceptors (Lipinski definition) is 5. The number of fused-ring (bicyclic) bond motifs is 1. The maximum Gasteiger partial charge on any atom is 0.168 e. The second kappa shape index (κ2) is 6.52. The third kappa shape index (κ3) is 3.13. The number of ether oxygens (including phenoxy) is 1. The van der Waals surface area contributed by atoms with Crippen LogP contribution < -0.4 is 5.32 Å². The van der Waals surface area contributed by atoms with Gasteiger partial charge in [-0.3, -0.25) is 0 Å². The first kappa shape index (κ1) is 15.7. The molecule has 0 saturated carbocycles. The molecule has 0 radical (unpaired) electrons. The van der Waals surface area contributed by atoms with E-state index in [0.29, 0.717) is 11.6 Å². The lowest BCUT2D eigenvalue weighted by atomic mass is 10.2. The number of nitrogens with zero attached hydrogens (tertiary/aromatic N) is 4. The summed E-state index contributed by atoms with van der Waals surface area (Å²) in [5.41, 5.74) is 2.62. The molecule has 0 fully saturated rings. The number of aromatic nitrogens is 4. The smallest absolute Gasteiger partial charge is 0.168 e. The summed E-state index contributed by atoms with van der Waals surface area (Å²) in [5, 5.41) is 9.31. The predicted molar refractivity (Wildman–Crippen MR) is 91.4 cm³/mol. The second-order valence-electron chi connectivity index (χ2n) is 5.45. The standard InChI is InChI=1S/C16H18ClN5O/c1-10-4-5-12(6-14(10)17)22-16-13(7-20-22)15(18-9-19-16)21-11(2)8-23-3/h4-7,9,11H,8H2,1-3H3,(H,18,19,21)/t11-/m0/s1. The minimum Gasteiger partial charge on any atom is -0.383 e. The highest BCUT2D eigenvalue weighted by Crippen LogP contribution is 2.24. The van der Waals surface area contributed by atoms with Gasteiger partial charge in [0.25, 0.3) is 0 Å². The quantitative estimate of drug-likeness (QED) is 0.777. The van der Waals surface area contributed by atoms with Crippen molar-refractivity contribution in [3.8, 4) is 5.69 Å². The molecule has 120 valence electrons. The monoisotopic (exact) mass is 331 g/mol. The molecule has 0 saturated heterocycles. The Hall–Kier alpha value is -2.18. The summed E-state index contributed by atoms with van der Waals surface area (Å²) in [4.78, 5) is 8.67. The number of benzene rings is 1. The Bertz CT molecular complexity index is 832. The largest absolute Gasteiger partial charge is 0.383 e. The summed E-state index contributed by atoms with van der Waals surface area (Å²) < 4.78 is 6.90. The average Bonchev–Trinajstić information content (AvgIpc) is 2.95. The van der Waals surface area contributed by atoms with Crippen molar-refractivity contribution in [2.75, 3.05) is 19.0 Å². The molecule has 1 N–H and O–H groups in total. The third-order valence-corrected chi connectivity index (χ3v) is 3.97. The molecular formula is C16H18ClN5O. The van der Waals surface area contributed by atoms with Gasteiger partial charge in [-0.05, 0) is 31.5 Å². The van der Waals surface area contributed by atoms with E-state index in [1.165, 1.54) is 6.33 Å². The molecule has 6 nitrogen and oxygen atoms in total. The fraction of sp³-hybridized carbons (Fsp3) is 0.312. The summed E-state index contributed by atoms with van der Waals surface area (Å²) in [6, 6.07) is 5.95. The lowest BCUT2D eigenvalue weighted by molar-refractivity contribution is 0.190. The summed E-state index contributed by atoms with van der Waals surface area (Å²) in [7, 11) is 1.67. The van der Waals surface area contributed by atoms with Gasteiger partial charge in [-0.15, -0.1) is 0 Å². The van der Waals surface area contributed by atoms with E-state index < -0.39 is 0 Å². The van der Waals surface area contributed by atoms with E-state index in [4.69, 9.17) is 16.3 Å². The van der Waals surface area contributed by atoms with Crippen molar-refractivity contribution < 1.29 is 4.74 Å². The van der Waals surface area contributed by atoms with Crippen molar-refractivity contribution in [2.45, 2.75) is 19.9 Å². The minimum absolute atomic E-state index is 0.135.